The summed E-state index contributed by atoms with van der Waals surface area (Å²) in [5.74, 6) is -0.592. The molecule has 0 radical (unpaired) electrons. The van der Waals surface area contributed by atoms with E-state index < -0.39 is 5.97 Å². The summed E-state index contributed by atoms with van der Waals surface area (Å²) in [5.41, 5.74) is 7.69. The Labute approximate surface area is 127 Å². The highest BCUT2D eigenvalue weighted by atomic mass is 32.1. The molecule has 0 spiro atoms. The number of esters is 1. The smallest absolute Gasteiger partial charge is 0.348 e. The third-order valence-corrected chi connectivity index (χ3v) is 4.21. The molecule has 5 heteroatoms. The van der Waals surface area contributed by atoms with E-state index in [-0.39, 0.29) is 5.78 Å². The minimum Gasteiger partial charge on any atom is -0.465 e. The van der Waals surface area contributed by atoms with Gasteiger partial charge in [-0.25, -0.2) is 4.79 Å². The van der Waals surface area contributed by atoms with Crippen molar-refractivity contribution in [2.45, 2.75) is 19.8 Å². The second-order valence-corrected chi connectivity index (χ2v) is 5.64. The Morgan fingerprint density at radius 2 is 1.90 bits per heavy atom. The van der Waals surface area contributed by atoms with E-state index in [1.54, 1.807) is 24.3 Å². The molecule has 1 aromatic carbocycles. The number of nitrogen functional groups attached to an aromatic ring is 1. The van der Waals surface area contributed by atoms with Crippen molar-refractivity contribution in [3.8, 4) is 0 Å². The quantitative estimate of drug-likeness (QED) is 0.679. The van der Waals surface area contributed by atoms with Crippen LogP contribution in [0.25, 0.3) is 0 Å². The summed E-state index contributed by atoms with van der Waals surface area (Å²) in [6, 6.07) is 8.94. The molecule has 0 fully saturated rings. The highest BCUT2D eigenvalue weighted by molar-refractivity contribution is 7.18. The highest BCUT2D eigenvalue weighted by Gasteiger charge is 2.26. The zero-order valence-electron chi connectivity index (χ0n) is 12.0. The molecule has 2 aromatic rings. The molecule has 2 N–H and O–H groups in total. The Balaban J connectivity index is 2.55. The lowest BCUT2D eigenvalue weighted by molar-refractivity contribution is 0.0605. The molecular weight excluding hydrogens is 286 g/mol. The highest BCUT2D eigenvalue weighted by Crippen LogP contribution is 2.34. The minimum absolute atomic E-state index is 0.150. The second-order valence-electron chi connectivity index (χ2n) is 4.59. The first kappa shape index (κ1) is 15.3. The molecule has 21 heavy (non-hydrogen) atoms. The molecule has 0 unspecified atom stereocenters. The molecule has 0 amide bonds. The van der Waals surface area contributed by atoms with Gasteiger partial charge in [-0.3, -0.25) is 4.79 Å². The molecule has 0 aliphatic rings. The second kappa shape index (κ2) is 6.54. The van der Waals surface area contributed by atoms with E-state index in [0.717, 1.165) is 17.8 Å². The van der Waals surface area contributed by atoms with Gasteiger partial charge in [0.1, 0.15) is 4.88 Å². The van der Waals surface area contributed by atoms with Crippen LogP contribution in [0.5, 0.6) is 0 Å². The van der Waals surface area contributed by atoms with Crippen molar-refractivity contribution in [2.75, 3.05) is 12.8 Å². The summed E-state index contributed by atoms with van der Waals surface area (Å²) < 4.78 is 4.78. The van der Waals surface area contributed by atoms with Crippen LogP contribution in [-0.2, 0) is 11.2 Å². The number of benzene rings is 1. The zero-order valence-corrected chi connectivity index (χ0v) is 12.8. The summed E-state index contributed by atoms with van der Waals surface area (Å²) in [7, 11) is 1.33. The summed E-state index contributed by atoms with van der Waals surface area (Å²) in [6.45, 7) is 1.99. The molecule has 1 aromatic heterocycles. The number of anilines is 1. The van der Waals surface area contributed by atoms with Crippen LogP contribution in [-0.4, -0.2) is 18.9 Å². The topological polar surface area (TPSA) is 69.4 Å². The van der Waals surface area contributed by atoms with Gasteiger partial charge >= 0.3 is 5.97 Å². The summed E-state index contributed by atoms with van der Waals surface area (Å²) in [4.78, 5) is 24.9. The molecular formula is C16H17NO3S. The van der Waals surface area contributed by atoms with Gasteiger partial charge in [0, 0.05) is 5.56 Å². The number of hydrogen-bond acceptors (Lipinski definition) is 5. The Morgan fingerprint density at radius 1 is 1.24 bits per heavy atom. The minimum atomic E-state index is -0.442. The number of carbonyl (C=O) groups is 2. The molecule has 110 valence electrons. The maximum absolute atomic E-state index is 12.7. The van der Waals surface area contributed by atoms with Crippen LogP contribution < -0.4 is 5.73 Å². The first-order valence-electron chi connectivity index (χ1n) is 6.69. The molecule has 0 aliphatic heterocycles. The Kier molecular flexibility index (Phi) is 4.75. The molecule has 0 atom stereocenters. The van der Waals surface area contributed by atoms with Gasteiger partial charge in [0.05, 0.1) is 17.7 Å². The number of ether oxygens (including phenoxy) is 1. The van der Waals surface area contributed by atoms with Crippen LogP contribution in [0.2, 0.25) is 0 Å². The normalized spacial score (nSPS) is 10.4. The van der Waals surface area contributed by atoms with E-state index in [0.29, 0.717) is 33.0 Å². The van der Waals surface area contributed by atoms with E-state index in [9.17, 15) is 9.59 Å². The SMILES string of the molecule is CCCc1c(C(=O)OC)sc(N)c1C(=O)c1ccccc1. The van der Waals surface area contributed by atoms with Crippen LogP contribution in [0.3, 0.4) is 0 Å². The number of hydrogen-bond donors (Lipinski definition) is 1. The predicted octanol–water partition coefficient (Wildman–Crippen LogP) is 3.30. The first-order valence-corrected chi connectivity index (χ1v) is 7.51. The van der Waals surface area contributed by atoms with Gasteiger partial charge in [-0.05, 0) is 12.0 Å². The van der Waals surface area contributed by atoms with Gasteiger partial charge < -0.3 is 10.5 Å². The first-order chi connectivity index (χ1) is 10.1. The maximum atomic E-state index is 12.7. The van der Waals surface area contributed by atoms with Crippen molar-refractivity contribution in [3.63, 3.8) is 0 Å². The average Bonchev–Trinajstić information content (AvgIpc) is 2.83. The lowest BCUT2D eigenvalue weighted by Crippen LogP contribution is -2.08. The Hall–Kier alpha value is -2.14. The average molecular weight is 303 g/mol. The maximum Gasteiger partial charge on any atom is 0.348 e. The van der Waals surface area contributed by atoms with Crippen molar-refractivity contribution in [2.24, 2.45) is 0 Å². The van der Waals surface area contributed by atoms with Crippen molar-refractivity contribution >= 4 is 28.1 Å². The van der Waals surface area contributed by atoms with E-state index in [1.807, 2.05) is 13.0 Å². The van der Waals surface area contributed by atoms with E-state index in [4.69, 9.17) is 10.5 Å². The number of nitrogens with two attached hydrogens (primary N) is 1. The van der Waals surface area contributed by atoms with Crippen LogP contribution in [0.4, 0.5) is 5.00 Å². The van der Waals surface area contributed by atoms with E-state index in [2.05, 4.69) is 0 Å². The number of ketones is 1. The monoisotopic (exact) mass is 303 g/mol. The fourth-order valence-corrected chi connectivity index (χ4v) is 3.25. The van der Waals surface area contributed by atoms with Gasteiger partial charge in [0.25, 0.3) is 0 Å². The molecule has 0 saturated heterocycles. The molecule has 0 saturated carbocycles. The van der Waals surface area contributed by atoms with E-state index in [1.165, 1.54) is 7.11 Å². The largest absolute Gasteiger partial charge is 0.465 e. The van der Waals surface area contributed by atoms with Crippen molar-refractivity contribution in [1.82, 2.24) is 0 Å². The molecule has 1 heterocycles. The van der Waals surface area contributed by atoms with Gasteiger partial charge in [-0.1, -0.05) is 43.7 Å². The van der Waals surface area contributed by atoms with Crippen LogP contribution in [0, 0.1) is 0 Å². The van der Waals surface area contributed by atoms with E-state index >= 15 is 0 Å². The van der Waals surface area contributed by atoms with Gasteiger partial charge in [-0.15, -0.1) is 11.3 Å². The Morgan fingerprint density at radius 3 is 2.48 bits per heavy atom. The number of thiophene rings is 1. The fraction of sp³-hybridized carbons (Fsp3) is 0.250. The molecule has 2 rings (SSSR count). The third-order valence-electron chi connectivity index (χ3n) is 3.17. The summed E-state index contributed by atoms with van der Waals surface area (Å²) >= 11 is 1.12. The lowest BCUT2D eigenvalue weighted by atomic mass is 9.97. The number of carbonyl (C=O) groups excluding carboxylic acids is 2. The van der Waals surface area contributed by atoms with Crippen molar-refractivity contribution in [1.29, 1.82) is 0 Å². The van der Waals surface area contributed by atoms with Crippen LogP contribution in [0.15, 0.2) is 30.3 Å². The third kappa shape index (κ3) is 2.97. The zero-order chi connectivity index (χ0) is 15.4. The van der Waals surface area contributed by atoms with Crippen LogP contribution in [0.1, 0.15) is 44.5 Å². The summed E-state index contributed by atoms with van der Waals surface area (Å²) in [5, 5.41) is 0.368. The fourth-order valence-electron chi connectivity index (χ4n) is 2.21. The molecule has 4 nitrogen and oxygen atoms in total. The summed E-state index contributed by atoms with van der Waals surface area (Å²) in [6.07, 6.45) is 1.43. The van der Waals surface area contributed by atoms with Crippen LogP contribution >= 0.6 is 11.3 Å². The van der Waals surface area contributed by atoms with Gasteiger partial charge in [0.15, 0.2) is 5.78 Å². The number of methoxy groups -OCH3 is 1. The lowest BCUT2D eigenvalue weighted by Gasteiger charge is -2.06. The van der Waals surface area contributed by atoms with Crippen molar-refractivity contribution < 1.29 is 14.3 Å². The number of rotatable bonds is 5. The van der Waals surface area contributed by atoms with Gasteiger partial charge in [0.2, 0.25) is 0 Å². The molecule has 0 bridgehead atoms. The standard InChI is InChI=1S/C16H17NO3S/c1-3-7-11-12(13(18)10-8-5-4-6-9-10)15(17)21-14(11)16(19)20-2/h4-6,8-9H,3,7,17H2,1-2H3. The van der Waals surface area contributed by atoms with Crippen molar-refractivity contribution in [3.05, 3.63) is 51.9 Å². The molecule has 0 aliphatic carbocycles. The predicted molar refractivity (Wildman–Crippen MR) is 83.9 cm³/mol. The van der Waals surface area contributed by atoms with Gasteiger partial charge in [-0.2, -0.15) is 0 Å². The Bertz CT molecular complexity index is 662.